The third-order valence-electron chi connectivity index (χ3n) is 3.37. The van der Waals surface area contributed by atoms with Gasteiger partial charge < -0.3 is 4.74 Å². The summed E-state index contributed by atoms with van der Waals surface area (Å²) in [5.74, 6) is 0. The zero-order valence-corrected chi connectivity index (χ0v) is 15.3. The molecule has 0 amide bonds. The summed E-state index contributed by atoms with van der Waals surface area (Å²) in [6.07, 6.45) is 1.83. The highest BCUT2D eigenvalue weighted by atomic mass is 79.9. The van der Waals surface area contributed by atoms with Crippen molar-refractivity contribution in [2.24, 2.45) is 0 Å². The van der Waals surface area contributed by atoms with E-state index in [4.69, 9.17) is 4.74 Å². The molecule has 4 nitrogen and oxygen atoms in total. The Morgan fingerprint density at radius 1 is 1.35 bits per heavy atom. The van der Waals surface area contributed by atoms with Crippen molar-refractivity contribution >= 4 is 41.9 Å². The molecule has 1 saturated heterocycles. The van der Waals surface area contributed by atoms with E-state index < -0.39 is 10.0 Å². The summed E-state index contributed by atoms with van der Waals surface area (Å²) >= 11 is 6.69. The Morgan fingerprint density at radius 2 is 2.05 bits per heavy atom. The predicted molar refractivity (Wildman–Crippen MR) is 85.3 cm³/mol. The number of hydrogen-bond acceptors (Lipinski definition) is 3. The lowest BCUT2D eigenvalue weighted by Gasteiger charge is -2.20. The molecule has 1 fully saturated rings. The van der Waals surface area contributed by atoms with Gasteiger partial charge in [0.1, 0.15) is 0 Å². The van der Waals surface area contributed by atoms with E-state index >= 15 is 0 Å². The highest BCUT2D eigenvalue weighted by Crippen LogP contribution is 2.29. The van der Waals surface area contributed by atoms with Crippen molar-refractivity contribution < 1.29 is 13.2 Å². The van der Waals surface area contributed by atoms with Gasteiger partial charge in [0.15, 0.2) is 0 Å². The Labute approximate surface area is 136 Å². The van der Waals surface area contributed by atoms with Crippen LogP contribution in [0.4, 0.5) is 0 Å². The van der Waals surface area contributed by atoms with Gasteiger partial charge in [0.25, 0.3) is 0 Å². The maximum atomic E-state index is 12.5. The minimum atomic E-state index is -3.57. The van der Waals surface area contributed by atoms with Crippen LogP contribution in [0.1, 0.15) is 25.3 Å². The second-order valence-corrected chi connectivity index (χ2v) is 8.38. The van der Waals surface area contributed by atoms with E-state index in [0.717, 1.165) is 22.9 Å². The Morgan fingerprint density at radius 3 is 2.65 bits per heavy atom. The SMILES string of the molecule is Cc1cc(Br)c(S(=O)(=O)NC(C)C2CCCO2)cc1Br. The highest BCUT2D eigenvalue weighted by molar-refractivity contribution is 9.11. The van der Waals surface area contributed by atoms with E-state index in [1.54, 1.807) is 12.1 Å². The lowest BCUT2D eigenvalue weighted by atomic mass is 10.1. The van der Waals surface area contributed by atoms with Crippen molar-refractivity contribution in [3.05, 3.63) is 26.6 Å². The maximum absolute atomic E-state index is 12.5. The largest absolute Gasteiger partial charge is 0.377 e. The Kier molecular flexibility index (Phi) is 5.29. The van der Waals surface area contributed by atoms with Gasteiger partial charge in [-0.15, -0.1) is 0 Å². The summed E-state index contributed by atoms with van der Waals surface area (Å²) in [5, 5.41) is 0. The summed E-state index contributed by atoms with van der Waals surface area (Å²) in [4.78, 5) is 0.236. The monoisotopic (exact) mass is 425 g/mol. The number of hydrogen-bond donors (Lipinski definition) is 1. The van der Waals surface area contributed by atoms with E-state index in [-0.39, 0.29) is 17.0 Å². The summed E-state index contributed by atoms with van der Waals surface area (Å²) in [6.45, 7) is 4.45. The third-order valence-corrected chi connectivity index (χ3v) is 6.74. The number of nitrogens with one attached hydrogen (secondary N) is 1. The van der Waals surface area contributed by atoms with Crippen molar-refractivity contribution in [3.63, 3.8) is 0 Å². The van der Waals surface area contributed by atoms with Gasteiger partial charge >= 0.3 is 0 Å². The molecule has 0 spiro atoms. The molecule has 112 valence electrons. The lowest BCUT2D eigenvalue weighted by Crippen LogP contribution is -2.40. The van der Waals surface area contributed by atoms with E-state index in [2.05, 4.69) is 36.6 Å². The van der Waals surface area contributed by atoms with E-state index in [0.29, 0.717) is 11.1 Å². The molecule has 1 aliphatic heterocycles. The first kappa shape index (κ1) is 16.4. The molecule has 2 rings (SSSR count). The summed E-state index contributed by atoms with van der Waals surface area (Å²) in [6, 6.07) is 3.16. The molecule has 1 N–H and O–H groups in total. The number of sulfonamides is 1. The Balaban J connectivity index is 2.24. The van der Waals surface area contributed by atoms with Crippen LogP contribution in [0.2, 0.25) is 0 Å². The molecule has 0 radical (unpaired) electrons. The van der Waals surface area contributed by atoms with E-state index in [1.165, 1.54) is 0 Å². The van der Waals surface area contributed by atoms with Crippen LogP contribution in [0.25, 0.3) is 0 Å². The van der Waals surface area contributed by atoms with Crippen LogP contribution < -0.4 is 4.72 Å². The van der Waals surface area contributed by atoms with Crippen LogP contribution in [-0.2, 0) is 14.8 Å². The molecule has 1 aliphatic rings. The molecule has 2 atom stereocenters. The van der Waals surface area contributed by atoms with Gasteiger partial charge in [-0.05, 0) is 60.3 Å². The number of aryl methyl sites for hydroxylation is 1. The van der Waals surface area contributed by atoms with Crippen molar-refractivity contribution in [3.8, 4) is 0 Å². The van der Waals surface area contributed by atoms with Crippen molar-refractivity contribution in [2.75, 3.05) is 6.61 Å². The van der Waals surface area contributed by atoms with Gasteiger partial charge in [-0.2, -0.15) is 0 Å². The van der Waals surface area contributed by atoms with Gasteiger partial charge in [-0.1, -0.05) is 15.9 Å². The minimum Gasteiger partial charge on any atom is -0.377 e. The quantitative estimate of drug-likeness (QED) is 0.802. The molecular formula is C13H17Br2NO3S. The van der Waals surface area contributed by atoms with Gasteiger partial charge in [-0.3, -0.25) is 0 Å². The normalized spacial score (nSPS) is 21.1. The third kappa shape index (κ3) is 3.62. The van der Waals surface area contributed by atoms with E-state index in [1.807, 2.05) is 13.8 Å². The Hall–Kier alpha value is 0.0500. The summed E-state index contributed by atoms with van der Waals surface area (Å²) in [5.41, 5.74) is 0.975. The van der Waals surface area contributed by atoms with Crippen molar-refractivity contribution in [1.29, 1.82) is 0 Å². The second kappa shape index (κ2) is 6.44. The van der Waals surface area contributed by atoms with Crippen molar-refractivity contribution in [1.82, 2.24) is 4.72 Å². The van der Waals surface area contributed by atoms with Gasteiger partial charge in [0, 0.05) is 21.6 Å². The fourth-order valence-corrected chi connectivity index (χ4v) is 5.16. The average Bonchev–Trinajstić information content (AvgIpc) is 2.86. The number of benzene rings is 1. The minimum absolute atomic E-state index is 0.0440. The molecule has 2 unspecified atom stereocenters. The first-order valence-electron chi connectivity index (χ1n) is 6.41. The standard InChI is InChI=1S/C13H17Br2NO3S/c1-8-6-11(15)13(7-10(8)14)20(17,18)16-9(2)12-4-3-5-19-12/h6-7,9,12,16H,3-5H2,1-2H3. The zero-order valence-electron chi connectivity index (χ0n) is 11.3. The molecule has 0 bridgehead atoms. The molecule has 20 heavy (non-hydrogen) atoms. The smallest absolute Gasteiger partial charge is 0.242 e. The first-order chi connectivity index (χ1) is 9.31. The van der Waals surface area contributed by atoms with Crippen LogP contribution in [0.15, 0.2) is 26.0 Å². The van der Waals surface area contributed by atoms with Crippen LogP contribution in [0, 0.1) is 6.92 Å². The first-order valence-corrected chi connectivity index (χ1v) is 9.48. The Bertz CT molecular complexity index is 598. The van der Waals surface area contributed by atoms with Crippen LogP contribution in [-0.4, -0.2) is 27.2 Å². The van der Waals surface area contributed by atoms with Crippen molar-refractivity contribution in [2.45, 2.75) is 43.7 Å². The number of rotatable bonds is 4. The number of ether oxygens (including phenoxy) is 1. The fraction of sp³-hybridized carbons (Fsp3) is 0.538. The van der Waals surface area contributed by atoms with E-state index in [9.17, 15) is 8.42 Å². The molecule has 1 heterocycles. The predicted octanol–water partition coefficient (Wildman–Crippen LogP) is 3.37. The van der Waals surface area contributed by atoms with Gasteiger partial charge in [0.05, 0.1) is 11.0 Å². The van der Waals surface area contributed by atoms with Crippen LogP contribution in [0.5, 0.6) is 0 Å². The second-order valence-electron chi connectivity index (χ2n) is 4.99. The molecule has 0 aliphatic carbocycles. The van der Waals surface area contributed by atoms with Gasteiger partial charge in [0.2, 0.25) is 10.0 Å². The van der Waals surface area contributed by atoms with Gasteiger partial charge in [-0.25, -0.2) is 13.1 Å². The molecular weight excluding hydrogens is 410 g/mol. The fourth-order valence-electron chi connectivity index (χ4n) is 2.21. The molecule has 0 aromatic heterocycles. The maximum Gasteiger partial charge on any atom is 0.242 e. The lowest BCUT2D eigenvalue weighted by molar-refractivity contribution is 0.0902. The van der Waals surface area contributed by atoms with Crippen LogP contribution >= 0.6 is 31.9 Å². The highest BCUT2D eigenvalue weighted by Gasteiger charge is 2.28. The molecule has 7 heteroatoms. The summed E-state index contributed by atoms with van der Waals surface area (Å²) < 4.78 is 34.5. The number of halogens is 2. The zero-order chi connectivity index (χ0) is 14.9. The molecule has 0 saturated carbocycles. The molecule has 1 aromatic carbocycles. The molecule has 1 aromatic rings. The topological polar surface area (TPSA) is 55.4 Å². The van der Waals surface area contributed by atoms with Crippen LogP contribution in [0.3, 0.4) is 0 Å². The summed E-state index contributed by atoms with van der Waals surface area (Å²) in [7, 11) is -3.57. The average molecular weight is 427 g/mol.